The summed E-state index contributed by atoms with van der Waals surface area (Å²) in [5.74, 6) is -0.787. The second-order valence-electron chi connectivity index (χ2n) is 7.07. The first-order valence-electron chi connectivity index (χ1n) is 8.13. The van der Waals surface area contributed by atoms with E-state index in [1.54, 1.807) is 12.3 Å². The lowest BCUT2D eigenvalue weighted by atomic mass is 9.94. The number of carbonyl (C=O) groups is 1. The second-order valence-corrected chi connectivity index (χ2v) is 11.5. The molecule has 2 atom stereocenters. The zero-order valence-electron chi connectivity index (χ0n) is 14.1. The number of hydrogen-bond acceptors (Lipinski definition) is 5. The predicted molar refractivity (Wildman–Crippen MR) is 85.8 cm³/mol. The van der Waals surface area contributed by atoms with Gasteiger partial charge in [-0.25, -0.2) is 0 Å². The molecule has 1 unspecified atom stereocenters. The van der Waals surface area contributed by atoms with Crippen LogP contribution in [0.1, 0.15) is 39.0 Å². The van der Waals surface area contributed by atoms with Crippen LogP contribution in [0.4, 0.5) is 0 Å². The van der Waals surface area contributed by atoms with Crippen molar-refractivity contribution in [3.63, 3.8) is 0 Å². The maximum atomic E-state index is 11.4. The van der Waals surface area contributed by atoms with E-state index in [-0.39, 0.29) is 12.1 Å². The molecule has 0 aromatic rings. The van der Waals surface area contributed by atoms with Crippen molar-refractivity contribution in [1.82, 2.24) is 0 Å². The Morgan fingerprint density at radius 3 is 2.55 bits per heavy atom. The van der Waals surface area contributed by atoms with Crippen LogP contribution in [-0.4, -0.2) is 38.9 Å². The summed E-state index contributed by atoms with van der Waals surface area (Å²) in [6.45, 7) is 8.17. The van der Waals surface area contributed by atoms with Crippen LogP contribution in [0.5, 0.6) is 0 Å². The van der Waals surface area contributed by atoms with Crippen molar-refractivity contribution >= 4 is 14.3 Å². The quantitative estimate of drug-likeness (QED) is 0.440. The Hall–Kier alpha value is -0.853. The van der Waals surface area contributed by atoms with Crippen LogP contribution >= 0.6 is 0 Å². The smallest absolute Gasteiger partial charge is 0.303 e. The van der Waals surface area contributed by atoms with Crippen LogP contribution < -0.4 is 0 Å². The van der Waals surface area contributed by atoms with E-state index in [1.165, 1.54) is 13.3 Å². The van der Waals surface area contributed by atoms with Gasteiger partial charge in [-0.15, -0.1) is 0 Å². The molecule has 6 heteroatoms. The number of rotatable bonds is 5. The normalized spacial score (nSPS) is 26.3. The monoisotopic (exact) mass is 328 g/mol. The highest BCUT2D eigenvalue weighted by atomic mass is 28.4. The number of hydrogen-bond donors (Lipinski definition) is 0. The van der Waals surface area contributed by atoms with Crippen molar-refractivity contribution in [2.45, 2.75) is 76.7 Å². The van der Waals surface area contributed by atoms with Crippen molar-refractivity contribution < 1.29 is 23.4 Å². The fourth-order valence-corrected chi connectivity index (χ4v) is 3.33. The van der Waals surface area contributed by atoms with E-state index in [4.69, 9.17) is 18.6 Å². The molecule has 0 aromatic carbocycles. The van der Waals surface area contributed by atoms with Crippen molar-refractivity contribution in [3.8, 4) is 0 Å². The highest BCUT2D eigenvalue weighted by Crippen LogP contribution is 2.38. The van der Waals surface area contributed by atoms with Gasteiger partial charge in [-0.3, -0.25) is 4.79 Å². The van der Waals surface area contributed by atoms with Crippen molar-refractivity contribution in [2.75, 3.05) is 6.61 Å². The maximum Gasteiger partial charge on any atom is 0.303 e. The first kappa shape index (κ1) is 17.5. The molecule has 1 aliphatic heterocycles. The van der Waals surface area contributed by atoms with Gasteiger partial charge in [-0.05, 0) is 38.6 Å². The predicted octanol–water partition coefficient (Wildman–Crippen LogP) is 3.36. The van der Waals surface area contributed by atoms with Crippen molar-refractivity contribution in [1.29, 1.82) is 0 Å². The van der Waals surface area contributed by atoms with Gasteiger partial charge in [0, 0.05) is 19.8 Å². The van der Waals surface area contributed by atoms with Gasteiger partial charge in [-0.2, -0.15) is 0 Å². The highest BCUT2D eigenvalue weighted by molar-refractivity contribution is 6.69. The third-order valence-electron chi connectivity index (χ3n) is 3.85. The zero-order chi connectivity index (χ0) is 16.2. The lowest BCUT2D eigenvalue weighted by Crippen LogP contribution is -2.37. The van der Waals surface area contributed by atoms with E-state index in [1.807, 2.05) is 0 Å². The molecule has 0 radical (unpaired) electrons. The lowest BCUT2D eigenvalue weighted by molar-refractivity contribution is -0.197. The number of ether oxygens (including phenoxy) is 3. The van der Waals surface area contributed by atoms with E-state index >= 15 is 0 Å². The summed E-state index contributed by atoms with van der Waals surface area (Å²) >= 11 is 0. The van der Waals surface area contributed by atoms with E-state index in [9.17, 15) is 4.79 Å². The Bertz CT molecular complexity index is 409. The van der Waals surface area contributed by atoms with Crippen molar-refractivity contribution in [2.24, 2.45) is 0 Å². The van der Waals surface area contributed by atoms with Crippen molar-refractivity contribution in [3.05, 3.63) is 12.3 Å². The minimum absolute atomic E-state index is 0.261. The molecule has 1 spiro atoms. The van der Waals surface area contributed by atoms with E-state index in [0.717, 1.165) is 25.7 Å². The largest absolute Gasteiger partial charge is 0.550 e. The molecule has 0 N–H and O–H groups in total. The van der Waals surface area contributed by atoms with Crippen LogP contribution in [0, 0.1) is 0 Å². The molecular formula is C16H28O5Si. The van der Waals surface area contributed by atoms with Gasteiger partial charge < -0.3 is 18.6 Å². The molecule has 0 bridgehead atoms. The molecule has 2 aliphatic rings. The van der Waals surface area contributed by atoms with Gasteiger partial charge >= 0.3 is 5.97 Å². The SMILES string of the molecule is CC(=O)OC(/C=C\O[Si](C)(C)C)[C@H]1COC2(CCCCC2)O1. The lowest BCUT2D eigenvalue weighted by Gasteiger charge is -2.32. The van der Waals surface area contributed by atoms with Gasteiger partial charge in [-0.1, -0.05) is 6.42 Å². The van der Waals surface area contributed by atoms with Crippen LogP contribution in [-0.2, 0) is 23.4 Å². The Morgan fingerprint density at radius 2 is 1.95 bits per heavy atom. The summed E-state index contributed by atoms with van der Waals surface area (Å²) in [5.41, 5.74) is 0. The molecule has 0 amide bonds. The fraction of sp³-hybridized carbons (Fsp3) is 0.812. The Morgan fingerprint density at radius 1 is 1.27 bits per heavy atom. The highest BCUT2D eigenvalue weighted by Gasteiger charge is 2.45. The van der Waals surface area contributed by atoms with Crippen LogP contribution in [0.15, 0.2) is 12.3 Å². The molecule has 22 heavy (non-hydrogen) atoms. The summed E-state index contributed by atoms with van der Waals surface area (Å²) in [4.78, 5) is 11.4. The van der Waals surface area contributed by atoms with Gasteiger partial charge in [0.1, 0.15) is 6.10 Å². The van der Waals surface area contributed by atoms with Gasteiger partial charge in [0.05, 0.1) is 12.9 Å². The Kier molecular flexibility index (Phi) is 5.69. The standard InChI is InChI=1S/C16H28O5Si/c1-13(17)20-14(8-11-19-22(2,3)4)15-12-18-16(21-15)9-6-5-7-10-16/h8,11,14-15H,5-7,9-10,12H2,1-4H3/b11-8-/t14?,15-/m1/s1. The van der Waals surface area contributed by atoms with Crippen LogP contribution in [0.3, 0.4) is 0 Å². The third-order valence-corrected chi connectivity index (χ3v) is 4.69. The average molecular weight is 328 g/mol. The summed E-state index contributed by atoms with van der Waals surface area (Å²) in [7, 11) is -1.64. The van der Waals surface area contributed by atoms with E-state index in [2.05, 4.69) is 19.6 Å². The van der Waals surface area contributed by atoms with Gasteiger partial charge in [0.25, 0.3) is 0 Å². The third kappa shape index (κ3) is 5.10. The average Bonchev–Trinajstić information content (AvgIpc) is 2.80. The number of carbonyl (C=O) groups excluding carboxylic acids is 1. The zero-order valence-corrected chi connectivity index (χ0v) is 15.1. The topological polar surface area (TPSA) is 54.0 Å². The minimum Gasteiger partial charge on any atom is -0.550 e. The first-order valence-corrected chi connectivity index (χ1v) is 11.5. The molecule has 2 rings (SSSR count). The molecule has 0 aromatic heterocycles. The summed E-state index contributed by atoms with van der Waals surface area (Å²) < 4.78 is 23.2. The fourth-order valence-electron chi connectivity index (χ4n) is 2.84. The van der Waals surface area contributed by atoms with Crippen LogP contribution in [0.2, 0.25) is 19.6 Å². The summed E-state index contributed by atoms with van der Waals surface area (Å²) in [5, 5.41) is 0. The van der Waals surface area contributed by atoms with Crippen LogP contribution in [0.25, 0.3) is 0 Å². The molecule has 1 saturated carbocycles. The molecule has 126 valence electrons. The number of esters is 1. The Labute approximate surface area is 134 Å². The molecule has 1 aliphatic carbocycles. The molecule has 2 fully saturated rings. The summed E-state index contributed by atoms with van der Waals surface area (Å²) in [6, 6.07) is 0. The van der Waals surface area contributed by atoms with Gasteiger partial charge in [0.2, 0.25) is 8.32 Å². The minimum atomic E-state index is -1.64. The van der Waals surface area contributed by atoms with E-state index in [0.29, 0.717) is 6.61 Å². The Balaban J connectivity index is 1.98. The molecular weight excluding hydrogens is 300 g/mol. The second kappa shape index (κ2) is 7.15. The maximum absolute atomic E-state index is 11.4. The van der Waals surface area contributed by atoms with Gasteiger partial charge in [0.15, 0.2) is 11.9 Å². The van der Waals surface area contributed by atoms with E-state index < -0.39 is 20.2 Å². The molecule has 5 nitrogen and oxygen atoms in total. The first-order chi connectivity index (χ1) is 10.3. The summed E-state index contributed by atoms with van der Waals surface area (Å²) in [6.07, 6.45) is 8.02. The molecule has 1 saturated heterocycles. The molecule has 1 heterocycles.